The van der Waals surface area contributed by atoms with Gasteiger partial charge in [-0.25, -0.2) is 4.98 Å². The lowest BCUT2D eigenvalue weighted by atomic mass is 10.2. The fraction of sp³-hybridized carbons (Fsp3) is 0.385. The Morgan fingerprint density at radius 3 is 2.78 bits per heavy atom. The number of hydrogen-bond donors (Lipinski definition) is 1. The van der Waals surface area contributed by atoms with E-state index >= 15 is 0 Å². The molecule has 2 aromatic rings. The molecule has 0 radical (unpaired) electrons. The highest BCUT2D eigenvalue weighted by molar-refractivity contribution is 9.10. The first-order chi connectivity index (χ1) is 8.65. The molecule has 2 aromatic heterocycles. The van der Waals surface area contributed by atoms with Crippen LogP contribution in [0, 0.1) is 5.92 Å². The molecule has 0 aliphatic carbocycles. The van der Waals surface area contributed by atoms with Crippen molar-refractivity contribution in [3.63, 3.8) is 0 Å². The van der Waals surface area contributed by atoms with Crippen LogP contribution in [0.5, 0.6) is 0 Å². The number of aromatic nitrogens is 2. The summed E-state index contributed by atoms with van der Waals surface area (Å²) < 4.78 is 0.988. The van der Waals surface area contributed by atoms with Gasteiger partial charge in [0.25, 0.3) is 0 Å². The molecule has 0 saturated carbocycles. The first-order valence-electron chi connectivity index (χ1n) is 5.92. The van der Waals surface area contributed by atoms with Crippen LogP contribution in [-0.2, 0) is 6.54 Å². The molecule has 18 heavy (non-hydrogen) atoms. The van der Waals surface area contributed by atoms with Crippen molar-refractivity contribution in [3.8, 4) is 10.7 Å². The van der Waals surface area contributed by atoms with E-state index in [0.717, 1.165) is 28.3 Å². The molecule has 0 unspecified atom stereocenters. The molecule has 0 spiro atoms. The fourth-order valence-corrected chi connectivity index (χ4v) is 2.59. The third kappa shape index (κ3) is 3.86. The highest BCUT2D eigenvalue weighted by atomic mass is 79.9. The van der Waals surface area contributed by atoms with Crippen molar-refractivity contribution in [1.82, 2.24) is 15.3 Å². The number of hydrogen-bond acceptors (Lipinski definition) is 4. The zero-order chi connectivity index (χ0) is 13.0. The second-order valence-electron chi connectivity index (χ2n) is 4.52. The molecular weight excluding hydrogens is 310 g/mol. The van der Waals surface area contributed by atoms with Gasteiger partial charge in [-0.2, -0.15) is 0 Å². The Labute approximate surface area is 120 Å². The molecule has 5 heteroatoms. The number of pyridine rings is 1. The van der Waals surface area contributed by atoms with E-state index in [4.69, 9.17) is 0 Å². The predicted molar refractivity (Wildman–Crippen MR) is 79.6 cm³/mol. The van der Waals surface area contributed by atoms with Gasteiger partial charge in [-0.1, -0.05) is 13.8 Å². The molecule has 0 bridgehead atoms. The van der Waals surface area contributed by atoms with Gasteiger partial charge in [0, 0.05) is 28.3 Å². The molecule has 3 nitrogen and oxygen atoms in total. The van der Waals surface area contributed by atoms with Crippen molar-refractivity contribution in [2.75, 3.05) is 6.54 Å². The molecule has 1 N–H and O–H groups in total. The monoisotopic (exact) mass is 325 g/mol. The van der Waals surface area contributed by atoms with Crippen LogP contribution >= 0.6 is 27.3 Å². The van der Waals surface area contributed by atoms with Crippen LogP contribution in [0.2, 0.25) is 0 Å². The standard InChI is InChI=1S/C13H16BrN3S/c1-9(2)5-15-7-11-8-17-13(18-11)12-4-3-10(14)6-16-12/h3-4,6,8-9,15H,5,7H2,1-2H3. The summed E-state index contributed by atoms with van der Waals surface area (Å²) in [4.78, 5) is 10.0. The molecule has 0 aliphatic rings. The van der Waals surface area contributed by atoms with Crippen molar-refractivity contribution in [2.24, 2.45) is 5.92 Å². The maximum Gasteiger partial charge on any atom is 0.142 e. The van der Waals surface area contributed by atoms with E-state index in [1.807, 2.05) is 18.3 Å². The first-order valence-corrected chi connectivity index (χ1v) is 7.53. The minimum atomic E-state index is 0.672. The zero-order valence-corrected chi connectivity index (χ0v) is 12.9. The Kier molecular flexibility index (Phi) is 4.86. The van der Waals surface area contributed by atoms with Gasteiger partial charge in [0.1, 0.15) is 5.01 Å². The summed E-state index contributed by atoms with van der Waals surface area (Å²) in [5.41, 5.74) is 0.929. The van der Waals surface area contributed by atoms with E-state index in [2.05, 4.69) is 45.1 Å². The van der Waals surface area contributed by atoms with Crippen molar-refractivity contribution in [2.45, 2.75) is 20.4 Å². The fourth-order valence-electron chi connectivity index (χ4n) is 1.49. The number of halogens is 1. The van der Waals surface area contributed by atoms with Crippen LogP contribution in [0.3, 0.4) is 0 Å². The van der Waals surface area contributed by atoms with Gasteiger partial charge < -0.3 is 5.32 Å². The Morgan fingerprint density at radius 1 is 1.28 bits per heavy atom. The van der Waals surface area contributed by atoms with Crippen LogP contribution in [0.25, 0.3) is 10.7 Å². The van der Waals surface area contributed by atoms with Crippen molar-refractivity contribution in [3.05, 3.63) is 33.9 Å². The molecule has 0 fully saturated rings. The third-order valence-electron chi connectivity index (χ3n) is 2.35. The number of rotatable bonds is 5. The van der Waals surface area contributed by atoms with Crippen molar-refractivity contribution < 1.29 is 0 Å². The van der Waals surface area contributed by atoms with Gasteiger partial charge in [-0.05, 0) is 40.5 Å². The summed E-state index contributed by atoms with van der Waals surface area (Å²) in [7, 11) is 0. The highest BCUT2D eigenvalue weighted by Gasteiger charge is 2.05. The average molecular weight is 326 g/mol. The summed E-state index contributed by atoms with van der Waals surface area (Å²) in [6.07, 6.45) is 3.73. The van der Waals surface area contributed by atoms with Crippen molar-refractivity contribution >= 4 is 27.3 Å². The molecule has 0 saturated heterocycles. The third-order valence-corrected chi connectivity index (χ3v) is 3.84. The lowest BCUT2D eigenvalue weighted by molar-refractivity contribution is 0.554. The molecule has 0 aromatic carbocycles. The average Bonchev–Trinajstić information content (AvgIpc) is 2.78. The molecule has 0 amide bonds. The quantitative estimate of drug-likeness (QED) is 0.910. The van der Waals surface area contributed by atoms with E-state index < -0.39 is 0 Å². The predicted octanol–water partition coefficient (Wildman–Crippen LogP) is 3.71. The Morgan fingerprint density at radius 2 is 2.11 bits per heavy atom. The Hall–Kier alpha value is -0.780. The highest BCUT2D eigenvalue weighted by Crippen LogP contribution is 2.24. The maximum atomic E-state index is 4.41. The van der Waals surface area contributed by atoms with Gasteiger partial charge >= 0.3 is 0 Å². The van der Waals surface area contributed by atoms with Crippen LogP contribution < -0.4 is 5.32 Å². The lowest BCUT2D eigenvalue weighted by Gasteiger charge is -2.04. The largest absolute Gasteiger partial charge is 0.312 e. The van der Waals surface area contributed by atoms with E-state index in [0.29, 0.717) is 5.92 Å². The number of nitrogens with zero attached hydrogens (tertiary/aromatic N) is 2. The minimum absolute atomic E-state index is 0.672. The molecule has 2 heterocycles. The zero-order valence-electron chi connectivity index (χ0n) is 10.5. The smallest absolute Gasteiger partial charge is 0.142 e. The first kappa shape index (κ1) is 13.6. The summed E-state index contributed by atoms with van der Waals surface area (Å²) in [6, 6.07) is 3.97. The van der Waals surface area contributed by atoms with E-state index in [-0.39, 0.29) is 0 Å². The Bertz CT molecular complexity index is 493. The topological polar surface area (TPSA) is 37.8 Å². The minimum Gasteiger partial charge on any atom is -0.312 e. The van der Waals surface area contributed by atoms with Gasteiger partial charge in [-0.3, -0.25) is 4.98 Å². The summed E-state index contributed by atoms with van der Waals surface area (Å²) >= 11 is 5.07. The molecule has 0 aliphatic heterocycles. The van der Waals surface area contributed by atoms with E-state index in [1.165, 1.54) is 4.88 Å². The summed E-state index contributed by atoms with van der Waals surface area (Å²) in [6.45, 7) is 6.32. The SMILES string of the molecule is CC(C)CNCc1cnc(-c2ccc(Br)cn2)s1. The van der Waals surface area contributed by atoms with Gasteiger partial charge in [0.05, 0.1) is 5.69 Å². The Balaban J connectivity index is 1.99. The summed E-state index contributed by atoms with van der Waals surface area (Å²) in [5.74, 6) is 0.672. The maximum absolute atomic E-state index is 4.41. The molecule has 2 rings (SSSR count). The van der Waals surface area contributed by atoms with Crippen LogP contribution in [0.15, 0.2) is 29.0 Å². The van der Waals surface area contributed by atoms with Crippen LogP contribution in [-0.4, -0.2) is 16.5 Å². The second-order valence-corrected chi connectivity index (χ2v) is 6.55. The molecular formula is C13H16BrN3S. The number of nitrogens with one attached hydrogen (secondary N) is 1. The van der Waals surface area contributed by atoms with Crippen molar-refractivity contribution in [1.29, 1.82) is 0 Å². The normalized spacial score (nSPS) is 11.1. The molecule has 96 valence electrons. The van der Waals surface area contributed by atoms with E-state index in [1.54, 1.807) is 17.5 Å². The lowest BCUT2D eigenvalue weighted by Crippen LogP contribution is -2.18. The van der Waals surface area contributed by atoms with Gasteiger partial charge in [0.2, 0.25) is 0 Å². The van der Waals surface area contributed by atoms with E-state index in [9.17, 15) is 0 Å². The van der Waals surface area contributed by atoms with Crippen LogP contribution in [0.4, 0.5) is 0 Å². The summed E-state index contributed by atoms with van der Waals surface area (Å²) in [5, 5.41) is 4.39. The molecule has 0 atom stereocenters. The number of thiazole rings is 1. The van der Waals surface area contributed by atoms with Gasteiger partial charge in [-0.15, -0.1) is 11.3 Å². The van der Waals surface area contributed by atoms with Gasteiger partial charge in [0.15, 0.2) is 0 Å². The van der Waals surface area contributed by atoms with Crippen LogP contribution in [0.1, 0.15) is 18.7 Å². The second kappa shape index (κ2) is 6.41.